The van der Waals surface area contributed by atoms with E-state index < -0.39 is 5.97 Å². The Labute approximate surface area is 134 Å². The Morgan fingerprint density at radius 3 is 1.74 bits per heavy atom. The van der Waals surface area contributed by atoms with Gasteiger partial charge in [-0.25, -0.2) is 0 Å². The molecule has 128 valence electrons. The molecule has 0 spiro atoms. The van der Waals surface area contributed by atoms with Gasteiger partial charge in [-0.15, -0.1) is 5.10 Å². The molecule has 0 unspecified atom stereocenters. The molecular formula is C14H22N4O5. The smallest absolute Gasteiger partial charge is 0.300 e. The van der Waals surface area contributed by atoms with E-state index in [1.807, 2.05) is 0 Å². The van der Waals surface area contributed by atoms with Gasteiger partial charge in [0.15, 0.2) is 11.5 Å². The minimum Gasteiger partial charge on any atom is -0.493 e. The van der Waals surface area contributed by atoms with Crippen LogP contribution in [-0.4, -0.2) is 44.1 Å². The molecule has 0 bridgehead atoms. The molecule has 0 heterocycles. The normalized spacial score (nSPS) is 10.0. The third kappa shape index (κ3) is 7.02. The topological polar surface area (TPSA) is 142 Å². The highest BCUT2D eigenvalue weighted by molar-refractivity contribution is 6.00. The first-order valence-electron chi connectivity index (χ1n) is 6.39. The molecule has 23 heavy (non-hydrogen) atoms. The van der Waals surface area contributed by atoms with Gasteiger partial charge >= 0.3 is 0 Å². The van der Waals surface area contributed by atoms with Crippen molar-refractivity contribution in [2.24, 2.45) is 21.7 Å². The van der Waals surface area contributed by atoms with Crippen LogP contribution in [0.2, 0.25) is 0 Å². The van der Waals surface area contributed by atoms with Crippen LogP contribution >= 0.6 is 0 Å². The van der Waals surface area contributed by atoms with Crippen molar-refractivity contribution in [3.63, 3.8) is 0 Å². The number of hydrogen-bond acceptors (Lipinski definition) is 6. The van der Waals surface area contributed by atoms with Crippen LogP contribution in [-0.2, 0) is 4.79 Å². The van der Waals surface area contributed by atoms with Crippen molar-refractivity contribution in [2.75, 3.05) is 21.3 Å². The van der Waals surface area contributed by atoms with E-state index in [2.05, 4.69) is 10.2 Å². The Bertz CT molecular complexity index is 566. The third-order valence-electron chi connectivity index (χ3n) is 2.40. The molecule has 0 aliphatic rings. The van der Waals surface area contributed by atoms with Crippen molar-refractivity contribution in [3.05, 3.63) is 17.7 Å². The summed E-state index contributed by atoms with van der Waals surface area (Å²) in [6, 6.07) is 3.53. The second-order valence-electron chi connectivity index (χ2n) is 4.14. The molecule has 9 nitrogen and oxygen atoms in total. The van der Waals surface area contributed by atoms with E-state index in [-0.39, 0.29) is 5.96 Å². The zero-order valence-corrected chi connectivity index (χ0v) is 13.8. The highest BCUT2D eigenvalue weighted by Crippen LogP contribution is 2.38. The molecule has 0 aromatic heterocycles. The van der Waals surface area contributed by atoms with Gasteiger partial charge in [-0.05, 0) is 19.1 Å². The van der Waals surface area contributed by atoms with Crippen molar-refractivity contribution >= 4 is 17.6 Å². The fourth-order valence-corrected chi connectivity index (χ4v) is 1.48. The number of benzene rings is 1. The summed E-state index contributed by atoms with van der Waals surface area (Å²) in [6.45, 7) is 2.85. The van der Waals surface area contributed by atoms with Crippen LogP contribution < -0.4 is 25.7 Å². The van der Waals surface area contributed by atoms with Crippen molar-refractivity contribution in [3.8, 4) is 17.2 Å². The molecule has 0 aliphatic heterocycles. The first-order valence-corrected chi connectivity index (χ1v) is 6.39. The van der Waals surface area contributed by atoms with Gasteiger partial charge in [0.2, 0.25) is 11.7 Å². The number of carboxylic acids is 1. The highest BCUT2D eigenvalue weighted by Gasteiger charge is 2.14. The molecular weight excluding hydrogens is 304 g/mol. The van der Waals surface area contributed by atoms with Gasteiger partial charge in [0.1, 0.15) is 0 Å². The van der Waals surface area contributed by atoms with Crippen LogP contribution in [0.1, 0.15) is 19.4 Å². The third-order valence-corrected chi connectivity index (χ3v) is 2.40. The summed E-state index contributed by atoms with van der Waals surface area (Å²) < 4.78 is 15.7. The zero-order valence-electron chi connectivity index (χ0n) is 13.8. The van der Waals surface area contributed by atoms with Crippen LogP contribution in [0.4, 0.5) is 0 Å². The van der Waals surface area contributed by atoms with Gasteiger partial charge in [-0.1, -0.05) is 0 Å². The average molecular weight is 326 g/mol. The monoisotopic (exact) mass is 326 g/mol. The second-order valence-corrected chi connectivity index (χ2v) is 4.14. The molecule has 1 aromatic rings. The predicted molar refractivity (Wildman–Crippen MR) is 87.4 cm³/mol. The standard InChI is InChI=1S/C12H18N4O3.C2H4O2/c1-7(15-16-12(13)14)8-5-9(17-2)11(19-4)10(6-8)18-3;1-2(3)4/h5-6H,1-4H3,(H4,13,14,16);1H3,(H,3,4)/b15-7+;. The van der Waals surface area contributed by atoms with E-state index >= 15 is 0 Å². The Morgan fingerprint density at radius 1 is 1.00 bits per heavy atom. The van der Waals surface area contributed by atoms with Gasteiger partial charge in [0.25, 0.3) is 5.97 Å². The Kier molecular flexibility index (Phi) is 8.60. The largest absolute Gasteiger partial charge is 0.493 e. The maximum atomic E-state index is 9.00. The van der Waals surface area contributed by atoms with E-state index in [0.29, 0.717) is 23.0 Å². The summed E-state index contributed by atoms with van der Waals surface area (Å²) in [5.74, 6) is 0.655. The second kappa shape index (κ2) is 9.87. The number of carbonyl (C=O) groups is 1. The molecule has 0 saturated heterocycles. The summed E-state index contributed by atoms with van der Waals surface area (Å²) in [6.07, 6.45) is 0. The highest BCUT2D eigenvalue weighted by atomic mass is 16.5. The number of methoxy groups -OCH3 is 3. The molecule has 0 saturated carbocycles. The SMILES string of the molecule is CC(=O)O.COc1cc(/C(C)=N/N=C(N)N)cc(OC)c1OC. The summed E-state index contributed by atoms with van der Waals surface area (Å²) >= 11 is 0. The van der Waals surface area contributed by atoms with E-state index in [1.165, 1.54) is 0 Å². The molecule has 5 N–H and O–H groups in total. The van der Waals surface area contributed by atoms with Crippen LogP contribution in [0, 0.1) is 0 Å². The number of carboxylic acid groups (broad SMARTS) is 1. The molecule has 1 rings (SSSR count). The number of guanidine groups is 1. The lowest BCUT2D eigenvalue weighted by Crippen LogP contribution is -2.22. The first-order chi connectivity index (χ1) is 10.8. The van der Waals surface area contributed by atoms with Gasteiger partial charge in [-0.3, -0.25) is 4.79 Å². The lowest BCUT2D eigenvalue weighted by molar-refractivity contribution is -0.134. The van der Waals surface area contributed by atoms with E-state index in [0.717, 1.165) is 12.5 Å². The summed E-state index contributed by atoms with van der Waals surface area (Å²) in [5.41, 5.74) is 11.8. The molecule has 0 atom stereocenters. The van der Waals surface area contributed by atoms with Crippen LogP contribution in [0.25, 0.3) is 0 Å². The predicted octanol–water partition coefficient (Wildman–Crippen LogP) is 0.801. The fourth-order valence-electron chi connectivity index (χ4n) is 1.48. The number of hydrogen-bond donors (Lipinski definition) is 3. The van der Waals surface area contributed by atoms with Gasteiger partial charge in [-0.2, -0.15) is 5.10 Å². The van der Waals surface area contributed by atoms with Crippen molar-refractivity contribution in [1.29, 1.82) is 0 Å². The molecule has 1 aromatic carbocycles. The van der Waals surface area contributed by atoms with Gasteiger partial charge in [0, 0.05) is 12.5 Å². The number of nitrogens with two attached hydrogens (primary N) is 2. The first kappa shape index (κ1) is 20.0. The van der Waals surface area contributed by atoms with E-state index in [4.69, 9.17) is 35.6 Å². The van der Waals surface area contributed by atoms with Crippen molar-refractivity contribution in [2.45, 2.75) is 13.8 Å². The summed E-state index contributed by atoms with van der Waals surface area (Å²) in [7, 11) is 4.63. The molecule has 0 fully saturated rings. The molecule has 9 heteroatoms. The zero-order chi connectivity index (χ0) is 18.0. The van der Waals surface area contributed by atoms with Crippen molar-refractivity contribution in [1.82, 2.24) is 0 Å². The molecule has 0 aliphatic carbocycles. The average Bonchev–Trinajstić information content (AvgIpc) is 2.50. The van der Waals surface area contributed by atoms with Crippen LogP contribution in [0.5, 0.6) is 17.2 Å². The maximum Gasteiger partial charge on any atom is 0.300 e. The lowest BCUT2D eigenvalue weighted by atomic mass is 10.1. The van der Waals surface area contributed by atoms with Crippen molar-refractivity contribution < 1.29 is 24.1 Å². The minimum atomic E-state index is -0.833. The molecule has 0 radical (unpaired) electrons. The number of ether oxygens (including phenoxy) is 3. The van der Waals surface area contributed by atoms with E-state index in [1.54, 1.807) is 40.4 Å². The summed E-state index contributed by atoms with van der Waals surface area (Å²) in [5, 5.41) is 14.9. The Morgan fingerprint density at radius 2 is 1.43 bits per heavy atom. The number of rotatable bonds is 5. The van der Waals surface area contributed by atoms with Gasteiger partial charge < -0.3 is 30.8 Å². The van der Waals surface area contributed by atoms with Crippen LogP contribution in [0.3, 0.4) is 0 Å². The quantitative estimate of drug-likeness (QED) is 0.412. The number of aliphatic carboxylic acids is 1. The van der Waals surface area contributed by atoms with Crippen LogP contribution in [0.15, 0.2) is 22.3 Å². The Hall–Kier alpha value is -2.97. The number of nitrogens with zero attached hydrogens (tertiary/aromatic N) is 2. The maximum absolute atomic E-state index is 9.00. The fraction of sp³-hybridized carbons (Fsp3) is 0.357. The lowest BCUT2D eigenvalue weighted by Gasteiger charge is -2.13. The van der Waals surface area contributed by atoms with Gasteiger partial charge in [0.05, 0.1) is 27.0 Å². The summed E-state index contributed by atoms with van der Waals surface area (Å²) in [4.78, 5) is 9.00. The molecule has 0 amide bonds. The van der Waals surface area contributed by atoms with E-state index in [9.17, 15) is 0 Å². The Balaban J connectivity index is 0.00000108. The minimum absolute atomic E-state index is 0.105.